The van der Waals surface area contributed by atoms with Crippen molar-refractivity contribution in [1.29, 1.82) is 0 Å². The van der Waals surface area contributed by atoms with Crippen LogP contribution in [0.15, 0.2) is 42.5 Å². The second-order valence-electron chi connectivity index (χ2n) is 5.20. The van der Waals surface area contributed by atoms with Crippen LogP contribution in [0, 0.1) is 0 Å². The van der Waals surface area contributed by atoms with Crippen molar-refractivity contribution in [3.8, 4) is 5.75 Å². The van der Waals surface area contributed by atoms with Crippen LogP contribution < -0.4 is 15.4 Å². The lowest BCUT2D eigenvalue weighted by atomic mass is 10.2. The number of carbonyl (C=O) groups is 2. The Morgan fingerprint density at radius 3 is 2.08 bits per heavy atom. The minimum atomic E-state index is -0.176. The first-order chi connectivity index (χ1) is 12.0. The molecule has 2 rings (SSSR count). The van der Waals surface area contributed by atoms with Gasteiger partial charge in [-0.1, -0.05) is 30.1 Å². The fourth-order valence-electron chi connectivity index (χ4n) is 1.94. The minimum absolute atomic E-state index is 0.0590. The highest BCUT2D eigenvalue weighted by atomic mass is 35.5. The van der Waals surface area contributed by atoms with Crippen LogP contribution in [0.5, 0.6) is 5.75 Å². The first-order valence-electron chi connectivity index (χ1n) is 7.75. The highest BCUT2D eigenvalue weighted by Crippen LogP contribution is 2.26. The highest BCUT2D eigenvalue weighted by Gasteiger charge is 2.05. The average Bonchev–Trinajstić information content (AvgIpc) is 2.59. The summed E-state index contributed by atoms with van der Waals surface area (Å²) >= 11 is 11.7. The summed E-state index contributed by atoms with van der Waals surface area (Å²) in [6, 6.07) is 11.8. The predicted molar refractivity (Wildman–Crippen MR) is 101 cm³/mol. The molecule has 7 heteroatoms. The molecular formula is C18H18Cl2N2O3. The van der Waals surface area contributed by atoms with Crippen LogP contribution in [0.4, 0.5) is 11.4 Å². The Labute approximate surface area is 156 Å². The van der Waals surface area contributed by atoms with E-state index in [1.807, 2.05) is 0 Å². The largest absolute Gasteiger partial charge is 0.493 e. The fourth-order valence-corrected chi connectivity index (χ4v) is 2.23. The summed E-state index contributed by atoms with van der Waals surface area (Å²) in [4.78, 5) is 23.2. The van der Waals surface area contributed by atoms with Crippen molar-refractivity contribution in [3.05, 3.63) is 52.5 Å². The summed E-state index contributed by atoms with van der Waals surface area (Å²) in [5, 5.41) is 6.36. The number of carbonyl (C=O) groups excluding carboxylic acids is 2. The molecule has 0 unspecified atom stereocenters. The summed E-state index contributed by atoms with van der Waals surface area (Å²) < 4.78 is 5.47. The summed E-state index contributed by atoms with van der Waals surface area (Å²) in [6.07, 6.45) is 0.603. The van der Waals surface area contributed by atoms with Crippen molar-refractivity contribution in [2.75, 3.05) is 17.2 Å². The van der Waals surface area contributed by atoms with Gasteiger partial charge in [-0.25, -0.2) is 0 Å². The Balaban J connectivity index is 1.77. The molecule has 2 N–H and O–H groups in total. The molecule has 0 spiro atoms. The lowest BCUT2D eigenvalue weighted by Gasteiger charge is -2.09. The molecule has 2 aromatic rings. The Morgan fingerprint density at radius 1 is 0.920 bits per heavy atom. The van der Waals surface area contributed by atoms with Gasteiger partial charge in [0.25, 0.3) is 0 Å². The zero-order valence-electron chi connectivity index (χ0n) is 13.6. The van der Waals surface area contributed by atoms with Gasteiger partial charge in [-0.3, -0.25) is 9.59 Å². The number of benzene rings is 2. The molecular weight excluding hydrogens is 363 g/mol. The van der Waals surface area contributed by atoms with Crippen LogP contribution in [0.3, 0.4) is 0 Å². The van der Waals surface area contributed by atoms with Gasteiger partial charge in [-0.2, -0.15) is 0 Å². The van der Waals surface area contributed by atoms with Gasteiger partial charge >= 0.3 is 0 Å². The van der Waals surface area contributed by atoms with Crippen molar-refractivity contribution < 1.29 is 14.3 Å². The predicted octanol–water partition coefficient (Wildman–Crippen LogP) is 4.75. The Bertz CT molecular complexity index is 748. The lowest BCUT2D eigenvalue weighted by Crippen LogP contribution is -2.15. The molecule has 5 nitrogen and oxygen atoms in total. The molecule has 0 atom stereocenters. The van der Waals surface area contributed by atoms with Crippen LogP contribution in [0.25, 0.3) is 0 Å². The van der Waals surface area contributed by atoms with Crippen molar-refractivity contribution in [3.63, 3.8) is 0 Å². The molecule has 0 radical (unpaired) electrons. The number of nitrogens with one attached hydrogen (secondary N) is 2. The van der Waals surface area contributed by atoms with E-state index >= 15 is 0 Å². The zero-order chi connectivity index (χ0) is 18.2. The maximum Gasteiger partial charge on any atom is 0.227 e. The van der Waals surface area contributed by atoms with Gasteiger partial charge in [0.1, 0.15) is 5.75 Å². The molecule has 0 aromatic heterocycles. The highest BCUT2D eigenvalue weighted by molar-refractivity contribution is 6.42. The van der Waals surface area contributed by atoms with E-state index in [0.717, 1.165) is 0 Å². The van der Waals surface area contributed by atoms with Gasteiger partial charge < -0.3 is 15.4 Å². The number of halogens is 2. The van der Waals surface area contributed by atoms with Gasteiger partial charge in [-0.05, 0) is 36.4 Å². The van der Waals surface area contributed by atoms with Crippen LogP contribution in [-0.4, -0.2) is 18.4 Å². The maximum absolute atomic E-state index is 11.9. The van der Waals surface area contributed by atoms with E-state index in [1.54, 1.807) is 49.4 Å². The molecule has 0 fully saturated rings. The number of amides is 2. The van der Waals surface area contributed by atoms with Crippen LogP contribution in [0.2, 0.25) is 10.0 Å². The summed E-state index contributed by atoms with van der Waals surface area (Å²) in [5.74, 6) is 0.319. The number of anilines is 2. The molecule has 132 valence electrons. The molecule has 0 aliphatic heterocycles. The van der Waals surface area contributed by atoms with E-state index in [-0.39, 0.29) is 24.8 Å². The van der Waals surface area contributed by atoms with Crippen molar-refractivity contribution in [1.82, 2.24) is 0 Å². The molecule has 2 amide bonds. The number of ether oxygens (including phenoxy) is 1. The summed E-state index contributed by atoms with van der Waals surface area (Å²) in [7, 11) is 0. The Morgan fingerprint density at radius 2 is 1.52 bits per heavy atom. The van der Waals surface area contributed by atoms with Crippen LogP contribution in [0.1, 0.15) is 19.8 Å². The second-order valence-corrected chi connectivity index (χ2v) is 6.02. The van der Waals surface area contributed by atoms with E-state index in [2.05, 4.69) is 10.6 Å². The van der Waals surface area contributed by atoms with Crippen molar-refractivity contribution in [2.45, 2.75) is 19.8 Å². The van der Waals surface area contributed by atoms with Gasteiger partial charge in [0, 0.05) is 23.9 Å². The molecule has 0 saturated carbocycles. The second kappa shape index (κ2) is 9.30. The van der Waals surface area contributed by atoms with Gasteiger partial charge in [-0.15, -0.1) is 0 Å². The first-order valence-corrected chi connectivity index (χ1v) is 8.51. The van der Waals surface area contributed by atoms with Crippen molar-refractivity contribution >= 4 is 46.4 Å². The molecule has 2 aromatic carbocycles. The quantitative estimate of drug-likeness (QED) is 0.727. The molecule has 0 saturated heterocycles. The van der Waals surface area contributed by atoms with E-state index in [0.29, 0.717) is 33.6 Å². The average molecular weight is 381 g/mol. The van der Waals surface area contributed by atoms with E-state index < -0.39 is 0 Å². The van der Waals surface area contributed by atoms with Crippen molar-refractivity contribution in [2.24, 2.45) is 0 Å². The summed E-state index contributed by atoms with van der Waals surface area (Å²) in [6.45, 7) is 2.00. The summed E-state index contributed by atoms with van der Waals surface area (Å²) in [5.41, 5.74) is 1.34. The fraction of sp³-hybridized carbons (Fsp3) is 0.222. The topological polar surface area (TPSA) is 67.4 Å². The van der Waals surface area contributed by atoms with Crippen LogP contribution in [-0.2, 0) is 9.59 Å². The third-order valence-corrected chi connectivity index (χ3v) is 4.00. The zero-order valence-corrected chi connectivity index (χ0v) is 15.2. The number of rotatable bonds is 7. The Kier molecular flexibility index (Phi) is 7.10. The van der Waals surface area contributed by atoms with Crippen LogP contribution >= 0.6 is 23.2 Å². The standard InChI is InChI=1S/C18H18Cl2N2O3/c1-2-17(23)21-12-3-5-13(6-4-12)22-18(24)9-10-25-14-7-8-15(19)16(20)11-14/h3-8,11H,2,9-10H2,1H3,(H,21,23)(H,22,24). The normalized spacial score (nSPS) is 10.2. The minimum Gasteiger partial charge on any atom is -0.493 e. The van der Waals surface area contributed by atoms with E-state index in [1.165, 1.54) is 0 Å². The maximum atomic E-state index is 11.9. The lowest BCUT2D eigenvalue weighted by molar-refractivity contribution is -0.117. The molecule has 25 heavy (non-hydrogen) atoms. The third kappa shape index (κ3) is 6.29. The Hall–Kier alpha value is -2.24. The molecule has 0 aliphatic rings. The smallest absolute Gasteiger partial charge is 0.227 e. The third-order valence-electron chi connectivity index (χ3n) is 3.26. The van der Waals surface area contributed by atoms with Gasteiger partial charge in [0.2, 0.25) is 11.8 Å². The molecule has 0 heterocycles. The number of hydrogen-bond donors (Lipinski definition) is 2. The van der Waals surface area contributed by atoms with Gasteiger partial charge in [0.05, 0.1) is 23.1 Å². The number of hydrogen-bond acceptors (Lipinski definition) is 3. The SMILES string of the molecule is CCC(=O)Nc1ccc(NC(=O)CCOc2ccc(Cl)c(Cl)c2)cc1. The molecule has 0 aliphatic carbocycles. The first kappa shape index (κ1) is 19.1. The van der Waals surface area contributed by atoms with Gasteiger partial charge in [0.15, 0.2) is 0 Å². The monoisotopic (exact) mass is 380 g/mol. The van der Waals surface area contributed by atoms with E-state index in [9.17, 15) is 9.59 Å². The van der Waals surface area contributed by atoms with E-state index in [4.69, 9.17) is 27.9 Å². The molecule has 0 bridgehead atoms.